The Hall–Kier alpha value is -1.10. The summed E-state index contributed by atoms with van der Waals surface area (Å²) in [6.07, 6.45) is 2.67. The van der Waals surface area contributed by atoms with Gasteiger partial charge >= 0.3 is 0 Å². The molecule has 25 heavy (non-hydrogen) atoms. The fourth-order valence-electron chi connectivity index (χ4n) is 8.58. The number of piperidine rings is 4. The molecule has 6 aliphatic rings. The van der Waals surface area contributed by atoms with E-state index in [0.29, 0.717) is 35.9 Å². The first-order valence-corrected chi connectivity index (χ1v) is 10.0. The lowest BCUT2D eigenvalue weighted by Gasteiger charge is -2.66. The summed E-state index contributed by atoms with van der Waals surface area (Å²) in [7, 11) is 4.51. The average molecular weight is 341 g/mol. The maximum atomic E-state index is 11.7. The van der Waals surface area contributed by atoms with E-state index in [1.165, 1.54) is 11.3 Å². The van der Waals surface area contributed by atoms with Crippen LogP contribution < -0.4 is 4.90 Å². The van der Waals surface area contributed by atoms with Crippen LogP contribution in [0.2, 0.25) is 0 Å². The minimum atomic E-state index is -0.273. The predicted molar refractivity (Wildman–Crippen MR) is 96.1 cm³/mol. The van der Waals surface area contributed by atoms with Gasteiger partial charge in [0.1, 0.15) is 6.04 Å². The number of nitrogens with zero attached hydrogens (tertiary/aromatic N) is 2. The van der Waals surface area contributed by atoms with Gasteiger partial charge in [-0.1, -0.05) is 25.1 Å². The maximum absolute atomic E-state index is 11.7. The Morgan fingerprint density at radius 3 is 2.76 bits per heavy atom. The third-order valence-electron chi connectivity index (χ3n) is 9.39. The van der Waals surface area contributed by atoms with E-state index < -0.39 is 0 Å². The van der Waals surface area contributed by atoms with Gasteiger partial charge in [-0.2, -0.15) is 0 Å². The molecular formula is C21H29N2O2+. The highest BCUT2D eigenvalue weighted by molar-refractivity contribution is 5.66. The molecule has 1 aromatic carbocycles. The quantitative estimate of drug-likeness (QED) is 0.764. The van der Waals surface area contributed by atoms with E-state index in [9.17, 15) is 10.2 Å². The van der Waals surface area contributed by atoms with Crippen molar-refractivity contribution >= 4 is 5.69 Å². The van der Waals surface area contributed by atoms with Crippen LogP contribution in [-0.4, -0.2) is 59.2 Å². The molecule has 7 rings (SSSR count). The van der Waals surface area contributed by atoms with E-state index in [4.69, 9.17) is 0 Å². The van der Waals surface area contributed by atoms with Crippen molar-refractivity contribution in [1.29, 1.82) is 0 Å². The van der Waals surface area contributed by atoms with Crippen LogP contribution in [0.15, 0.2) is 24.3 Å². The Kier molecular flexibility index (Phi) is 2.54. The van der Waals surface area contributed by atoms with Crippen LogP contribution in [0.1, 0.15) is 31.7 Å². The van der Waals surface area contributed by atoms with Gasteiger partial charge < -0.3 is 15.1 Å². The van der Waals surface area contributed by atoms with Crippen LogP contribution in [0.3, 0.4) is 0 Å². The molecule has 1 spiro atoms. The SMILES string of the molecule is CC[C@H]1[C@H]2C[C@H]3[C@@H]4N(C)c5ccccc5[C@]45C[C@@H]([C@H]2[C@@H]5O)[N@@+]3(C)[C@@H]1O. The smallest absolute Gasteiger partial charge is 0.193 e. The van der Waals surface area contributed by atoms with Crippen molar-refractivity contribution in [2.24, 2.45) is 17.8 Å². The first-order valence-electron chi connectivity index (χ1n) is 10.0. The summed E-state index contributed by atoms with van der Waals surface area (Å²) in [6.45, 7) is 2.21. The van der Waals surface area contributed by atoms with E-state index in [0.717, 1.165) is 23.7 Å². The fraction of sp³-hybridized carbons (Fsp3) is 0.714. The number of aliphatic hydroxyl groups excluding tert-OH is 2. The summed E-state index contributed by atoms with van der Waals surface area (Å²) in [4.78, 5) is 2.44. The number of hydrogen-bond donors (Lipinski definition) is 2. The van der Waals surface area contributed by atoms with Crippen LogP contribution >= 0.6 is 0 Å². The number of hydrogen-bond acceptors (Lipinski definition) is 3. The highest BCUT2D eigenvalue weighted by Crippen LogP contribution is 2.70. The number of para-hydroxylation sites is 1. The molecular weight excluding hydrogens is 312 g/mol. The number of fused-ring (bicyclic) bond motifs is 2. The molecule has 5 fully saturated rings. The lowest BCUT2D eigenvalue weighted by molar-refractivity contribution is -1.02. The second-order valence-electron chi connectivity index (χ2n) is 9.58. The Morgan fingerprint density at radius 2 is 2.00 bits per heavy atom. The summed E-state index contributed by atoms with van der Waals surface area (Å²) >= 11 is 0. The summed E-state index contributed by atoms with van der Waals surface area (Å²) in [5.74, 6) is 1.17. The van der Waals surface area contributed by atoms with Gasteiger partial charge in [-0.3, -0.25) is 4.48 Å². The van der Waals surface area contributed by atoms with E-state index in [-0.39, 0.29) is 17.7 Å². The summed E-state index contributed by atoms with van der Waals surface area (Å²) in [6, 6.07) is 9.87. The van der Waals surface area contributed by atoms with Gasteiger partial charge in [0.25, 0.3) is 0 Å². The highest BCUT2D eigenvalue weighted by Gasteiger charge is 2.82. The van der Waals surface area contributed by atoms with Crippen molar-refractivity contribution in [3.8, 4) is 0 Å². The minimum Gasteiger partial charge on any atom is -0.392 e. The van der Waals surface area contributed by atoms with Gasteiger partial charge in [0.05, 0.1) is 30.7 Å². The normalized spacial score (nSPS) is 57.1. The van der Waals surface area contributed by atoms with Crippen LogP contribution in [0, 0.1) is 17.8 Å². The minimum absolute atomic E-state index is 0.125. The number of quaternary nitrogens is 1. The Bertz CT molecular complexity index is 768. The average Bonchev–Trinajstić information content (AvgIpc) is 2.99. The Balaban J connectivity index is 1.63. The molecule has 0 unspecified atom stereocenters. The Morgan fingerprint density at radius 1 is 1.24 bits per heavy atom. The van der Waals surface area contributed by atoms with Crippen LogP contribution in [0.4, 0.5) is 5.69 Å². The maximum Gasteiger partial charge on any atom is 0.193 e. The molecule has 2 N–H and O–H groups in total. The van der Waals surface area contributed by atoms with Gasteiger partial charge in [-0.05, 0) is 24.0 Å². The molecule has 0 amide bonds. The summed E-state index contributed by atoms with van der Waals surface area (Å²) in [5, 5.41) is 23.1. The second kappa shape index (κ2) is 4.24. The molecule has 4 nitrogen and oxygen atoms in total. The molecule has 10 atom stereocenters. The number of aliphatic hydroxyl groups is 2. The first-order chi connectivity index (χ1) is 12.0. The molecule has 4 saturated heterocycles. The van der Waals surface area contributed by atoms with Crippen molar-refractivity contribution < 1.29 is 14.7 Å². The molecule has 1 saturated carbocycles. The third-order valence-corrected chi connectivity index (χ3v) is 9.39. The molecule has 0 radical (unpaired) electrons. The van der Waals surface area contributed by atoms with Crippen molar-refractivity contribution in [2.45, 2.75) is 62.1 Å². The zero-order valence-electron chi connectivity index (χ0n) is 15.3. The molecule has 5 heterocycles. The zero-order chi connectivity index (χ0) is 17.3. The number of anilines is 1. The molecule has 134 valence electrons. The monoisotopic (exact) mass is 341 g/mol. The van der Waals surface area contributed by atoms with Gasteiger partial charge in [0, 0.05) is 37.4 Å². The lowest BCUT2D eigenvalue weighted by Crippen LogP contribution is -2.81. The molecule has 1 aliphatic carbocycles. The van der Waals surface area contributed by atoms with Crippen molar-refractivity contribution in [1.82, 2.24) is 0 Å². The Labute approximate surface area is 149 Å². The van der Waals surface area contributed by atoms with E-state index in [2.05, 4.69) is 50.2 Å². The van der Waals surface area contributed by atoms with Crippen molar-refractivity contribution in [3.63, 3.8) is 0 Å². The third kappa shape index (κ3) is 1.27. The molecule has 1 aromatic rings. The summed E-state index contributed by atoms with van der Waals surface area (Å²) in [5.41, 5.74) is 2.54. The number of benzene rings is 1. The fourth-order valence-corrected chi connectivity index (χ4v) is 8.58. The predicted octanol–water partition coefficient (Wildman–Crippen LogP) is 1.70. The van der Waals surface area contributed by atoms with Crippen LogP contribution in [-0.2, 0) is 5.41 Å². The standard InChI is InChI=1S/C21H29N2O2/c1-4-11-12-9-15-18-21(13-7-5-6-8-14(13)22(18)2)10-16(17(12)19(21)24)23(15,3)20(11)25/h5-8,11-12,15-20,24-25H,4,9-10H2,1-3H3/q+1/t11-,12+,15-,16-,17-,18-,19-,20+,21+,23-/m0/s1. The van der Waals surface area contributed by atoms with E-state index in [1.54, 1.807) is 0 Å². The van der Waals surface area contributed by atoms with E-state index >= 15 is 0 Å². The van der Waals surface area contributed by atoms with Gasteiger partial charge in [0.15, 0.2) is 6.23 Å². The molecule has 5 aliphatic heterocycles. The van der Waals surface area contributed by atoms with Gasteiger partial charge in [-0.25, -0.2) is 0 Å². The first kappa shape index (κ1) is 15.0. The second-order valence-corrected chi connectivity index (χ2v) is 9.58. The van der Waals surface area contributed by atoms with Crippen molar-refractivity contribution in [3.05, 3.63) is 29.8 Å². The van der Waals surface area contributed by atoms with E-state index in [1.807, 2.05) is 0 Å². The van der Waals surface area contributed by atoms with Crippen LogP contribution in [0.5, 0.6) is 0 Å². The van der Waals surface area contributed by atoms with Crippen molar-refractivity contribution in [2.75, 3.05) is 19.0 Å². The molecule has 5 bridgehead atoms. The molecule has 0 aromatic heterocycles. The highest BCUT2D eigenvalue weighted by atomic mass is 16.3. The lowest BCUT2D eigenvalue weighted by atomic mass is 9.61. The number of likely N-dealkylation sites (N-methyl/N-ethyl adjacent to an activating group) is 2. The zero-order valence-corrected chi connectivity index (χ0v) is 15.3. The molecule has 4 heteroatoms. The van der Waals surface area contributed by atoms with Gasteiger partial charge in [-0.15, -0.1) is 0 Å². The van der Waals surface area contributed by atoms with Gasteiger partial charge in [0.2, 0.25) is 0 Å². The largest absolute Gasteiger partial charge is 0.392 e. The van der Waals surface area contributed by atoms with Crippen LogP contribution in [0.25, 0.3) is 0 Å². The summed E-state index contributed by atoms with van der Waals surface area (Å²) < 4.78 is 0.779. The topological polar surface area (TPSA) is 43.7 Å². The number of rotatable bonds is 1.